The molecule has 1 saturated carbocycles. The third-order valence-corrected chi connectivity index (χ3v) is 3.99. The zero-order chi connectivity index (χ0) is 14.6. The molecule has 1 unspecified atom stereocenters. The summed E-state index contributed by atoms with van der Waals surface area (Å²) in [7, 11) is 0. The molecule has 2 amide bonds. The van der Waals surface area contributed by atoms with Crippen molar-refractivity contribution in [2.24, 2.45) is 5.92 Å². The molecule has 1 fully saturated rings. The van der Waals surface area contributed by atoms with Crippen LogP contribution in [0.5, 0.6) is 0 Å². The molecular formula is C16H24N2O2. The van der Waals surface area contributed by atoms with E-state index >= 15 is 0 Å². The molecule has 0 saturated heterocycles. The molecule has 4 heteroatoms. The Labute approximate surface area is 120 Å². The van der Waals surface area contributed by atoms with Crippen LogP contribution < -0.4 is 10.6 Å². The minimum Gasteiger partial charge on any atom is -0.394 e. The van der Waals surface area contributed by atoms with Gasteiger partial charge in [0.25, 0.3) is 0 Å². The number of rotatable bonds is 6. The van der Waals surface area contributed by atoms with Crippen molar-refractivity contribution in [3.8, 4) is 0 Å². The molecule has 1 aliphatic rings. The Hall–Kier alpha value is -1.55. The summed E-state index contributed by atoms with van der Waals surface area (Å²) in [4.78, 5) is 11.9. The summed E-state index contributed by atoms with van der Waals surface area (Å²) >= 11 is 0. The Morgan fingerprint density at radius 3 is 2.80 bits per heavy atom. The number of benzene rings is 1. The van der Waals surface area contributed by atoms with Crippen LogP contribution in [0.3, 0.4) is 0 Å². The van der Waals surface area contributed by atoms with Crippen molar-refractivity contribution in [2.75, 3.05) is 13.2 Å². The van der Waals surface area contributed by atoms with E-state index in [1.54, 1.807) is 0 Å². The third-order valence-electron chi connectivity index (χ3n) is 3.99. The molecule has 20 heavy (non-hydrogen) atoms. The number of hydrogen-bond acceptors (Lipinski definition) is 2. The number of carbonyl (C=O) groups is 1. The lowest BCUT2D eigenvalue weighted by Crippen LogP contribution is -2.54. The quantitative estimate of drug-likeness (QED) is 0.744. The molecule has 1 aromatic carbocycles. The lowest BCUT2D eigenvalue weighted by molar-refractivity contribution is 0.155. The highest BCUT2D eigenvalue weighted by molar-refractivity contribution is 5.74. The molecule has 0 spiro atoms. The van der Waals surface area contributed by atoms with Gasteiger partial charge in [-0.3, -0.25) is 0 Å². The second-order valence-corrected chi connectivity index (χ2v) is 5.97. The first-order valence-electron chi connectivity index (χ1n) is 7.26. The lowest BCUT2D eigenvalue weighted by atomic mass is 9.97. The number of urea groups is 1. The largest absolute Gasteiger partial charge is 0.394 e. The van der Waals surface area contributed by atoms with Gasteiger partial charge in [-0.05, 0) is 44.6 Å². The molecule has 110 valence electrons. The summed E-state index contributed by atoms with van der Waals surface area (Å²) < 4.78 is 0. The smallest absolute Gasteiger partial charge is 0.315 e. The van der Waals surface area contributed by atoms with Crippen molar-refractivity contribution in [1.82, 2.24) is 10.6 Å². The number of nitrogens with one attached hydrogen (secondary N) is 2. The molecule has 4 nitrogen and oxygen atoms in total. The van der Waals surface area contributed by atoms with Crippen LogP contribution in [0.2, 0.25) is 0 Å². The molecule has 0 radical (unpaired) electrons. The first kappa shape index (κ1) is 14.9. The number of amides is 2. The fourth-order valence-electron chi connectivity index (χ4n) is 2.48. The van der Waals surface area contributed by atoms with Crippen LogP contribution >= 0.6 is 0 Å². The van der Waals surface area contributed by atoms with E-state index in [0.29, 0.717) is 12.5 Å². The van der Waals surface area contributed by atoms with Crippen molar-refractivity contribution in [3.05, 3.63) is 35.4 Å². The molecule has 1 aromatic rings. The van der Waals surface area contributed by atoms with Crippen LogP contribution in [0, 0.1) is 12.8 Å². The second-order valence-electron chi connectivity index (χ2n) is 5.97. The second kappa shape index (κ2) is 6.27. The van der Waals surface area contributed by atoms with Crippen molar-refractivity contribution >= 4 is 6.03 Å². The normalized spacial score (nSPS) is 17.4. The zero-order valence-corrected chi connectivity index (χ0v) is 12.3. The Morgan fingerprint density at radius 2 is 2.20 bits per heavy atom. The van der Waals surface area contributed by atoms with Gasteiger partial charge in [0.2, 0.25) is 0 Å². The first-order chi connectivity index (χ1) is 9.53. The Morgan fingerprint density at radius 1 is 1.45 bits per heavy atom. The molecule has 0 bridgehead atoms. The maximum atomic E-state index is 11.9. The van der Waals surface area contributed by atoms with Crippen LogP contribution in [0.15, 0.2) is 24.3 Å². The van der Waals surface area contributed by atoms with Crippen LogP contribution in [0.25, 0.3) is 0 Å². The molecule has 3 N–H and O–H groups in total. The van der Waals surface area contributed by atoms with E-state index in [0.717, 1.165) is 19.3 Å². The third kappa shape index (κ3) is 3.97. The van der Waals surface area contributed by atoms with Crippen LogP contribution in [0.4, 0.5) is 4.79 Å². The van der Waals surface area contributed by atoms with Crippen molar-refractivity contribution in [3.63, 3.8) is 0 Å². The maximum absolute atomic E-state index is 11.9. The van der Waals surface area contributed by atoms with Gasteiger partial charge in [-0.15, -0.1) is 0 Å². The number of aliphatic hydroxyl groups is 1. The fraction of sp³-hybridized carbons (Fsp3) is 0.562. The molecule has 2 rings (SSSR count). The minimum atomic E-state index is -0.479. The van der Waals surface area contributed by atoms with Gasteiger partial charge in [-0.1, -0.05) is 29.8 Å². The summed E-state index contributed by atoms with van der Waals surface area (Å²) in [5.41, 5.74) is 1.97. The summed E-state index contributed by atoms with van der Waals surface area (Å²) in [6.45, 7) is 4.56. The van der Waals surface area contributed by atoms with Gasteiger partial charge >= 0.3 is 6.03 Å². The van der Waals surface area contributed by atoms with Gasteiger partial charge in [0.15, 0.2) is 0 Å². The van der Waals surface area contributed by atoms with Gasteiger partial charge in [0, 0.05) is 6.54 Å². The summed E-state index contributed by atoms with van der Waals surface area (Å²) in [5.74, 6) is 0.412. The number of aryl methyl sites for hydroxylation is 1. The summed E-state index contributed by atoms with van der Waals surface area (Å²) in [6, 6.07) is 8.09. The number of hydrogen-bond donors (Lipinski definition) is 3. The van der Waals surface area contributed by atoms with E-state index in [-0.39, 0.29) is 12.6 Å². The van der Waals surface area contributed by atoms with Gasteiger partial charge in [-0.25, -0.2) is 4.79 Å². The molecule has 1 atom stereocenters. The van der Waals surface area contributed by atoms with Gasteiger partial charge < -0.3 is 15.7 Å². The standard InChI is InChI=1S/C16H24N2O2/c1-12-4-3-5-13(10-12)8-9-17-15(20)18-16(2,11-19)14-6-7-14/h3-5,10,14,19H,6-9,11H2,1-2H3,(H2,17,18,20). The van der Waals surface area contributed by atoms with Gasteiger partial charge in [0.05, 0.1) is 12.1 Å². The van der Waals surface area contributed by atoms with Crippen molar-refractivity contribution in [2.45, 2.75) is 38.6 Å². The maximum Gasteiger partial charge on any atom is 0.315 e. The highest BCUT2D eigenvalue weighted by Gasteiger charge is 2.42. The van der Waals surface area contributed by atoms with E-state index in [2.05, 4.69) is 35.8 Å². The number of aliphatic hydroxyl groups excluding tert-OH is 1. The Kier molecular flexibility index (Phi) is 4.65. The highest BCUT2D eigenvalue weighted by atomic mass is 16.3. The summed E-state index contributed by atoms with van der Waals surface area (Å²) in [6.07, 6.45) is 2.98. The van der Waals surface area contributed by atoms with E-state index < -0.39 is 5.54 Å². The Balaban J connectivity index is 1.75. The predicted octanol–water partition coefficient (Wildman–Crippen LogP) is 2.00. The zero-order valence-electron chi connectivity index (χ0n) is 12.3. The first-order valence-corrected chi connectivity index (χ1v) is 7.26. The van der Waals surface area contributed by atoms with E-state index in [1.165, 1.54) is 11.1 Å². The van der Waals surface area contributed by atoms with Crippen LogP contribution in [-0.4, -0.2) is 29.8 Å². The van der Waals surface area contributed by atoms with Gasteiger partial charge in [0.1, 0.15) is 0 Å². The van der Waals surface area contributed by atoms with Crippen LogP contribution in [-0.2, 0) is 6.42 Å². The lowest BCUT2D eigenvalue weighted by Gasteiger charge is -2.28. The minimum absolute atomic E-state index is 0.0109. The molecule has 0 aromatic heterocycles. The SMILES string of the molecule is Cc1cccc(CCNC(=O)NC(C)(CO)C2CC2)c1. The predicted molar refractivity (Wildman–Crippen MR) is 79.6 cm³/mol. The fourth-order valence-corrected chi connectivity index (χ4v) is 2.48. The highest BCUT2D eigenvalue weighted by Crippen LogP contribution is 2.39. The topological polar surface area (TPSA) is 61.4 Å². The monoisotopic (exact) mass is 276 g/mol. The van der Waals surface area contributed by atoms with Crippen LogP contribution in [0.1, 0.15) is 30.9 Å². The Bertz CT molecular complexity index is 471. The van der Waals surface area contributed by atoms with E-state index in [1.807, 2.05) is 13.0 Å². The van der Waals surface area contributed by atoms with Gasteiger partial charge in [-0.2, -0.15) is 0 Å². The van der Waals surface area contributed by atoms with Crippen molar-refractivity contribution in [1.29, 1.82) is 0 Å². The number of carbonyl (C=O) groups excluding carboxylic acids is 1. The molecule has 0 heterocycles. The van der Waals surface area contributed by atoms with E-state index in [4.69, 9.17) is 0 Å². The van der Waals surface area contributed by atoms with Crippen molar-refractivity contribution < 1.29 is 9.90 Å². The average molecular weight is 276 g/mol. The summed E-state index contributed by atoms with van der Waals surface area (Å²) in [5, 5.41) is 15.2. The molecule has 1 aliphatic carbocycles. The van der Waals surface area contributed by atoms with E-state index in [9.17, 15) is 9.90 Å². The molecule has 0 aliphatic heterocycles. The molecular weight excluding hydrogens is 252 g/mol. The average Bonchev–Trinajstić information content (AvgIpc) is 3.23.